The van der Waals surface area contributed by atoms with E-state index in [4.69, 9.17) is 5.73 Å². The van der Waals surface area contributed by atoms with Crippen molar-refractivity contribution in [1.82, 2.24) is 4.98 Å². The molecule has 4 nitrogen and oxygen atoms in total. The van der Waals surface area contributed by atoms with Gasteiger partial charge in [0, 0.05) is 12.1 Å². The smallest absolute Gasteiger partial charge is 0.393 e. The number of hydrogen-bond acceptors (Lipinski definition) is 4. The number of piperidine rings is 1. The summed E-state index contributed by atoms with van der Waals surface area (Å²) in [7, 11) is 0. The summed E-state index contributed by atoms with van der Waals surface area (Å²) in [4.78, 5) is 5.96. The van der Waals surface area contributed by atoms with Crippen LogP contribution in [0.1, 0.15) is 31.2 Å². The van der Waals surface area contributed by atoms with E-state index in [0.717, 1.165) is 25.0 Å². The lowest BCUT2D eigenvalue weighted by Gasteiger charge is -2.38. The first-order valence-electron chi connectivity index (χ1n) is 6.66. The molecule has 0 aliphatic carbocycles. The Morgan fingerprint density at radius 2 is 1.80 bits per heavy atom. The van der Waals surface area contributed by atoms with E-state index in [1.807, 2.05) is 4.90 Å². The predicted molar refractivity (Wildman–Crippen MR) is 68.2 cm³/mol. The van der Waals surface area contributed by atoms with Crippen molar-refractivity contribution in [2.24, 2.45) is 0 Å². The summed E-state index contributed by atoms with van der Waals surface area (Å²) < 4.78 is 38.5. The van der Waals surface area contributed by atoms with E-state index in [0.29, 0.717) is 12.8 Å². The van der Waals surface area contributed by atoms with Gasteiger partial charge in [-0.25, -0.2) is 4.98 Å². The fourth-order valence-corrected chi connectivity index (χ4v) is 3.36. The first-order chi connectivity index (χ1) is 9.34. The topological polar surface area (TPSA) is 62.4 Å². The average Bonchev–Trinajstić information content (AvgIpc) is 2.60. The lowest BCUT2D eigenvalue weighted by molar-refractivity contribution is -0.137. The minimum Gasteiger partial charge on any atom is -0.393 e. The van der Waals surface area contributed by atoms with Crippen LogP contribution in [0.4, 0.5) is 24.8 Å². The predicted octanol–water partition coefficient (Wildman–Crippen LogP) is 2.17. The monoisotopic (exact) mass is 287 g/mol. The molecule has 110 valence electrons. The molecule has 0 saturated carbocycles. The van der Waals surface area contributed by atoms with Gasteiger partial charge in [0.05, 0.1) is 11.7 Å². The van der Waals surface area contributed by atoms with Crippen molar-refractivity contribution in [2.75, 3.05) is 10.6 Å². The fraction of sp³-hybridized carbons (Fsp3) is 0.615. The van der Waals surface area contributed by atoms with E-state index >= 15 is 0 Å². The number of pyridine rings is 1. The molecule has 2 unspecified atom stereocenters. The number of aromatic nitrogens is 1. The van der Waals surface area contributed by atoms with Gasteiger partial charge in [0.2, 0.25) is 0 Å². The van der Waals surface area contributed by atoms with Gasteiger partial charge < -0.3 is 15.7 Å². The molecule has 2 aliphatic rings. The quantitative estimate of drug-likeness (QED) is 0.831. The van der Waals surface area contributed by atoms with Gasteiger partial charge in [0.25, 0.3) is 0 Å². The Morgan fingerprint density at radius 1 is 1.20 bits per heavy atom. The van der Waals surface area contributed by atoms with Crippen LogP contribution in [0.25, 0.3) is 0 Å². The molecule has 3 rings (SSSR count). The van der Waals surface area contributed by atoms with Crippen LogP contribution in [0, 0.1) is 0 Å². The van der Waals surface area contributed by atoms with Crippen LogP contribution >= 0.6 is 0 Å². The minimum atomic E-state index is -4.43. The zero-order valence-corrected chi connectivity index (χ0v) is 10.8. The highest BCUT2D eigenvalue weighted by Crippen LogP contribution is 2.40. The molecule has 1 aromatic heterocycles. The number of nitrogens with zero attached hydrogens (tertiary/aromatic N) is 2. The number of nitrogen functional groups attached to an aromatic ring is 1. The molecule has 0 radical (unpaired) electrons. The number of hydrogen-bond donors (Lipinski definition) is 2. The number of alkyl halides is 3. The number of nitrogens with two attached hydrogens (primary N) is 1. The van der Waals surface area contributed by atoms with Crippen molar-refractivity contribution >= 4 is 11.6 Å². The van der Waals surface area contributed by atoms with Crippen LogP contribution in [0.15, 0.2) is 12.1 Å². The van der Waals surface area contributed by atoms with Crippen molar-refractivity contribution in [1.29, 1.82) is 0 Å². The second-order valence-electron chi connectivity index (χ2n) is 5.55. The van der Waals surface area contributed by atoms with Gasteiger partial charge in [-0.1, -0.05) is 0 Å². The molecule has 2 bridgehead atoms. The second kappa shape index (κ2) is 4.51. The second-order valence-corrected chi connectivity index (χ2v) is 5.55. The summed E-state index contributed by atoms with van der Waals surface area (Å²) in [6.07, 6.45) is -1.89. The number of anilines is 2. The highest BCUT2D eigenvalue weighted by molar-refractivity contribution is 5.52. The number of aliphatic hydroxyl groups excluding tert-OH is 1. The molecular weight excluding hydrogens is 271 g/mol. The van der Waals surface area contributed by atoms with Crippen LogP contribution in [0.3, 0.4) is 0 Å². The third kappa shape index (κ3) is 2.30. The molecule has 2 aliphatic heterocycles. The SMILES string of the molecule is Nc1cc(C(F)(F)F)cc(N2C3CCC2CC(O)C3)n1. The third-order valence-electron chi connectivity index (χ3n) is 4.13. The minimum absolute atomic E-state index is 0.0548. The van der Waals surface area contributed by atoms with Crippen molar-refractivity contribution in [3.8, 4) is 0 Å². The number of rotatable bonds is 1. The molecule has 3 heterocycles. The molecule has 2 atom stereocenters. The zero-order chi connectivity index (χ0) is 14.5. The lowest BCUT2D eigenvalue weighted by atomic mass is 10.00. The number of fused-ring (bicyclic) bond motifs is 2. The van der Waals surface area contributed by atoms with Gasteiger partial charge in [-0.05, 0) is 37.8 Å². The first-order valence-corrected chi connectivity index (χ1v) is 6.66. The maximum atomic E-state index is 12.8. The van der Waals surface area contributed by atoms with Gasteiger partial charge in [0.1, 0.15) is 11.6 Å². The molecule has 0 aromatic carbocycles. The van der Waals surface area contributed by atoms with Crippen LogP contribution in [-0.2, 0) is 6.18 Å². The van der Waals surface area contributed by atoms with Crippen LogP contribution in [0.5, 0.6) is 0 Å². The standard InChI is InChI=1S/C13H16F3N3O/c14-13(15,16)7-3-11(17)18-12(4-7)19-8-1-2-9(19)6-10(20)5-8/h3-4,8-10,20H,1-2,5-6H2,(H2,17,18). The largest absolute Gasteiger partial charge is 0.416 e. The molecule has 0 amide bonds. The lowest BCUT2D eigenvalue weighted by Crippen LogP contribution is -2.45. The summed E-state index contributed by atoms with van der Waals surface area (Å²) in [6, 6.07) is 2.02. The molecular formula is C13H16F3N3O. The van der Waals surface area contributed by atoms with E-state index in [9.17, 15) is 18.3 Å². The summed E-state index contributed by atoms with van der Waals surface area (Å²) in [5.41, 5.74) is 4.74. The van der Waals surface area contributed by atoms with Crippen molar-refractivity contribution in [2.45, 2.75) is 50.0 Å². The third-order valence-corrected chi connectivity index (χ3v) is 4.13. The zero-order valence-electron chi connectivity index (χ0n) is 10.8. The van der Waals surface area contributed by atoms with Gasteiger partial charge in [-0.15, -0.1) is 0 Å². The number of halogens is 3. The van der Waals surface area contributed by atoms with E-state index in [2.05, 4.69) is 4.98 Å². The Hall–Kier alpha value is -1.50. The van der Waals surface area contributed by atoms with Crippen molar-refractivity contribution < 1.29 is 18.3 Å². The van der Waals surface area contributed by atoms with Crippen molar-refractivity contribution in [3.05, 3.63) is 17.7 Å². The molecule has 2 fully saturated rings. The molecule has 20 heavy (non-hydrogen) atoms. The Kier molecular flexibility index (Phi) is 3.04. The maximum absolute atomic E-state index is 12.8. The molecule has 3 N–H and O–H groups in total. The van der Waals surface area contributed by atoms with E-state index in [1.165, 1.54) is 0 Å². The Bertz CT molecular complexity index is 506. The van der Waals surface area contributed by atoms with Gasteiger partial charge in [-0.3, -0.25) is 0 Å². The molecule has 7 heteroatoms. The fourth-order valence-electron chi connectivity index (χ4n) is 3.36. The highest BCUT2D eigenvalue weighted by atomic mass is 19.4. The normalized spacial score (nSPS) is 29.8. The van der Waals surface area contributed by atoms with E-state index in [1.54, 1.807) is 0 Å². The van der Waals surface area contributed by atoms with Crippen LogP contribution in [-0.4, -0.2) is 28.3 Å². The molecule has 1 aromatic rings. The van der Waals surface area contributed by atoms with E-state index < -0.39 is 11.7 Å². The Labute approximate surface area is 114 Å². The van der Waals surface area contributed by atoms with Gasteiger partial charge in [0.15, 0.2) is 0 Å². The number of aliphatic hydroxyl groups is 1. The Balaban J connectivity index is 1.97. The summed E-state index contributed by atoms with van der Waals surface area (Å²) in [5.74, 6) is 0.150. The Morgan fingerprint density at radius 3 is 2.35 bits per heavy atom. The van der Waals surface area contributed by atoms with Crippen LogP contribution in [0.2, 0.25) is 0 Å². The average molecular weight is 287 g/mol. The highest BCUT2D eigenvalue weighted by Gasteiger charge is 2.42. The first kappa shape index (κ1) is 13.5. The van der Waals surface area contributed by atoms with Crippen LogP contribution < -0.4 is 10.6 Å². The summed E-state index contributed by atoms with van der Waals surface area (Å²) in [5, 5.41) is 9.74. The summed E-state index contributed by atoms with van der Waals surface area (Å²) in [6.45, 7) is 0. The van der Waals surface area contributed by atoms with Gasteiger partial charge >= 0.3 is 6.18 Å². The summed E-state index contributed by atoms with van der Waals surface area (Å²) >= 11 is 0. The molecule has 0 spiro atoms. The van der Waals surface area contributed by atoms with Crippen molar-refractivity contribution in [3.63, 3.8) is 0 Å². The van der Waals surface area contributed by atoms with E-state index in [-0.39, 0.29) is 29.8 Å². The van der Waals surface area contributed by atoms with Gasteiger partial charge in [-0.2, -0.15) is 13.2 Å². The maximum Gasteiger partial charge on any atom is 0.416 e. The molecule has 2 saturated heterocycles.